The third-order valence-corrected chi connectivity index (χ3v) is 5.65. The molecule has 1 aliphatic heterocycles. The summed E-state index contributed by atoms with van der Waals surface area (Å²) in [6.07, 6.45) is 2.33. The molecule has 1 amide bonds. The lowest BCUT2D eigenvalue weighted by atomic mass is 9.98. The lowest BCUT2D eigenvalue weighted by Gasteiger charge is -2.33. The van der Waals surface area contributed by atoms with Crippen LogP contribution in [0.15, 0.2) is 72.8 Å². The third kappa shape index (κ3) is 4.43. The van der Waals surface area contributed by atoms with Gasteiger partial charge in [0.1, 0.15) is 0 Å². The van der Waals surface area contributed by atoms with Gasteiger partial charge in [-0.15, -0.1) is 0 Å². The van der Waals surface area contributed by atoms with Crippen LogP contribution in [0, 0.1) is 5.92 Å². The summed E-state index contributed by atoms with van der Waals surface area (Å²) >= 11 is 0. The minimum absolute atomic E-state index is 0.123. The van der Waals surface area contributed by atoms with E-state index in [0.29, 0.717) is 11.3 Å². The van der Waals surface area contributed by atoms with E-state index in [4.69, 9.17) is 5.73 Å². The smallest absolute Gasteiger partial charge is 0.255 e. The van der Waals surface area contributed by atoms with E-state index in [2.05, 4.69) is 29.3 Å². The topological polar surface area (TPSA) is 58.4 Å². The Morgan fingerprint density at radius 1 is 0.931 bits per heavy atom. The van der Waals surface area contributed by atoms with Gasteiger partial charge in [-0.05, 0) is 60.2 Å². The van der Waals surface area contributed by atoms with E-state index in [-0.39, 0.29) is 5.91 Å². The van der Waals surface area contributed by atoms with Gasteiger partial charge in [-0.25, -0.2) is 0 Å². The number of nitrogens with two attached hydrogens (primary N) is 1. The molecule has 0 radical (unpaired) electrons. The maximum atomic E-state index is 12.9. The average Bonchev–Trinajstić information content (AvgIpc) is 2.75. The quantitative estimate of drug-likeness (QED) is 0.589. The van der Waals surface area contributed by atoms with E-state index in [1.807, 2.05) is 60.7 Å². The zero-order valence-electron chi connectivity index (χ0n) is 16.8. The molecule has 4 heteroatoms. The fourth-order valence-corrected chi connectivity index (χ4v) is 3.82. The molecular weight excluding hydrogens is 358 g/mol. The second-order valence-corrected chi connectivity index (χ2v) is 7.84. The summed E-state index contributed by atoms with van der Waals surface area (Å²) in [5.41, 5.74) is 11.3. The van der Waals surface area contributed by atoms with Gasteiger partial charge in [0.15, 0.2) is 0 Å². The van der Waals surface area contributed by atoms with Gasteiger partial charge in [0.25, 0.3) is 5.91 Å². The first-order chi connectivity index (χ1) is 14.1. The van der Waals surface area contributed by atoms with Gasteiger partial charge in [-0.1, -0.05) is 49.4 Å². The Morgan fingerprint density at radius 3 is 2.28 bits per heavy atom. The van der Waals surface area contributed by atoms with E-state index in [9.17, 15) is 4.79 Å². The van der Waals surface area contributed by atoms with E-state index >= 15 is 0 Å². The number of piperidine rings is 1. The van der Waals surface area contributed by atoms with Crippen LogP contribution in [0.1, 0.15) is 30.1 Å². The Labute approximate surface area is 172 Å². The van der Waals surface area contributed by atoms with Crippen LogP contribution in [0.2, 0.25) is 0 Å². The van der Waals surface area contributed by atoms with Crippen LogP contribution in [0.5, 0.6) is 0 Å². The van der Waals surface area contributed by atoms with Crippen LogP contribution in [0.3, 0.4) is 0 Å². The molecule has 3 N–H and O–H groups in total. The SMILES string of the molecule is CC1CCN(c2ccc(N)cc2NC(=O)c2ccc(-c3ccccc3)cc2)CC1. The molecule has 0 spiro atoms. The van der Waals surface area contributed by atoms with Crippen molar-refractivity contribution in [1.82, 2.24) is 0 Å². The number of amides is 1. The van der Waals surface area contributed by atoms with Crippen LogP contribution >= 0.6 is 0 Å². The molecule has 0 aromatic heterocycles. The zero-order valence-corrected chi connectivity index (χ0v) is 16.8. The molecule has 0 bridgehead atoms. The molecule has 0 unspecified atom stereocenters. The number of nitrogens with zero attached hydrogens (tertiary/aromatic N) is 1. The van der Waals surface area contributed by atoms with Crippen molar-refractivity contribution in [2.24, 2.45) is 5.92 Å². The van der Waals surface area contributed by atoms with Crippen molar-refractivity contribution in [3.8, 4) is 11.1 Å². The zero-order chi connectivity index (χ0) is 20.2. The highest BCUT2D eigenvalue weighted by Crippen LogP contribution is 2.32. The van der Waals surface area contributed by atoms with Crippen molar-refractivity contribution < 1.29 is 4.79 Å². The lowest BCUT2D eigenvalue weighted by molar-refractivity contribution is 0.102. The molecule has 3 aromatic rings. The van der Waals surface area contributed by atoms with E-state index in [0.717, 1.165) is 41.5 Å². The fourth-order valence-electron chi connectivity index (χ4n) is 3.82. The number of hydrogen-bond acceptors (Lipinski definition) is 3. The average molecular weight is 386 g/mol. The van der Waals surface area contributed by atoms with Crippen molar-refractivity contribution in [2.45, 2.75) is 19.8 Å². The highest BCUT2D eigenvalue weighted by Gasteiger charge is 2.19. The van der Waals surface area contributed by atoms with Crippen LogP contribution in [0.25, 0.3) is 11.1 Å². The predicted octanol–water partition coefficient (Wildman–Crippen LogP) is 5.42. The number of carbonyl (C=O) groups excluding carboxylic acids is 1. The molecule has 0 aliphatic carbocycles. The van der Waals surface area contributed by atoms with Gasteiger partial charge in [0.05, 0.1) is 11.4 Å². The Balaban J connectivity index is 1.53. The van der Waals surface area contributed by atoms with Crippen molar-refractivity contribution in [3.05, 3.63) is 78.4 Å². The Morgan fingerprint density at radius 2 is 1.59 bits per heavy atom. The molecule has 148 valence electrons. The Hall–Kier alpha value is -3.27. The standard InChI is InChI=1S/C25H27N3O/c1-18-13-15-28(16-14-18)24-12-11-22(26)17-23(24)27-25(29)21-9-7-20(8-10-21)19-5-3-2-4-6-19/h2-12,17-18H,13-16,26H2,1H3,(H,27,29). The second kappa shape index (κ2) is 8.39. The van der Waals surface area contributed by atoms with Gasteiger partial charge in [-0.3, -0.25) is 4.79 Å². The number of nitrogen functional groups attached to an aromatic ring is 1. The highest BCUT2D eigenvalue weighted by molar-refractivity contribution is 6.06. The van der Waals surface area contributed by atoms with Gasteiger partial charge >= 0.3 is 0 Å². The largest absolute Gasteiger partial charge is 0.399 e. The molecule has 4 nitrogen and oxygen atoms in total. The fraction of sp³-hybridized carbons (Fsp3) is 0.240. The Kier molecular flexibility index (Phi) is 5.52. The van der Waals surface area contributed by atoms with Crippen molar-refractivity contribution in [3.63, 3.8) is 0 Å². The Bertz CT molecular complexity index is 975. The molecular formula is C25H27N3O. The summed E-state index contributed by atoms with van der Waals surface area (Å²) in [6.45, 7) is 4.29. The minimum Gasteiger partial charge on any atom is -0.399 e. The molecule has 1 heterocycles. The number of hydrogen-bond donors (Lipinski definition) is 2. The maximum Gasteiger partial charge on any atom is 0.255 e. The molecule has 1 fully saturated rings. The normalized spacial score (nSPS) is 14.6. The minimum atomic E-state index is -0.123. The summed E-state index contributed by atoms with van der Waals surface area (Å²) in [4.78, 5) is 15.2. The van der Waals surface area contributed by atoms with Crippen molar-refractivity contribution in [1.29, 1.82) is 0 Å². The van der Waals surface area contributed by atoms with Gasteiger partial charge in [-0.2, -0.15) is 0 Å². The first kappa shape index (κ1) is 19.1. The molecule has 3 aromatic carbocycles. The number of rotatable bonds is 4. The van der Waals surface area contributed by atoms with Gasteiger partial charge in [0.2, 0.25) is 0 Å². The summed E-state index contributed by atoms with van der Waals surface area (Å²) < 4.78 is 0. The number of nitrogens with one attached hydrogen (secondary N) is 1. The predicted molar refractivity (Wildman–Crippen MR) is 121 cm³/mol. The van der Waals surface area contributed by atoms with Crippen molar-refractivity contribution >= 4 is 23.0 Å². The van der Waals surface area contributed by atoms with Gasteiger partial charge in [0, 0.05) is 24.3 Å². The molecule has 1 saturated heterocycles. The summed E-state index contributed by atoms with van der Waals surface area (Å²) in [7, 11) is 0. The summed E-state index contributed by atoms with van der Waals surface area (Å²) in [5.74, 6) is 0.628. The van der Waals surface area contributed by atoms with Gasteiger partial charge < -0.3 is 16.0 Å². The van der Waals surface area contributed by atoms with E-state index < -0.39 is 0 Å². The molecule has 0 atom stereocenters. The number of anilines is 3. The number of carbonyl (C=O) groups is 1. The molecule has 0 saturated carbocycles. The first-order valence-corrected chi connectivity index (χ1v) is 10.2. The maximum absolute atomic E-state index is 12.9. The summed E-state index contributed by atoms with van der Waals surface area (Å²) in [6, 6.07) is 23.6. The third-order valence-electron chi connectivity index (χ3n) is 5.65. The number of benzene rings is 3. The highest BCUT2D eigenvalue weighted by atomic mass is 16.1. The molecule has 4 rings (SSSR count). The summed E-state index contributed by atoms with van der Waals surface area (Å²) in [5, 5.41) is 3.07. The van der Waals surface area contributed by atoms with Crippen LogP contribution in [-0.2, 0) is 0 Å². The monoisotopic (exact) mass is 385 g/mol. The molecule has 1 aliphatic rings. The second-order valence-electron chi connectivity index (χ2n) is 7.84. The van der Waals surface area contributed by atoms with Crippen molar-refractivity contribution in [2.75, 3.05) is 29.0 Å². The van der Waals surface area contributed by atoms with E-state index in [1.165, 1.54) is 12.8 Å². The van der Waals surface area contributed by atoms with Crippen LogP contribution in [-0.4, -0.2) is 19.0 Å². The molecule has 29 heavy (non-hydrogen) atoms. The first-order valence-electron chi connectivity index (χ1n) is 10.2. The lowest BCUT2D eigenvalue weighted by Crippen LogP contribution is -2.33. The van der Waals surface area contributed by atoms with Crippen LogP contribution in [0.4, 0.5) is 17.1 Å². The van der Waals surface area contributed by atoms with E-state index in [1.54, 1.807) is 0 Å². The van der Waals surface area contributed by atoms with Crippen LogP contribution < -0.4 is 16.0 Å².